The van der Waals surface area contributed by atoms with Crippen molar-refractivity contribution in [1.82, 2.24) is 10.2 Å². The lowest BCUT2D eigenvalue weighted by Crippen LogP contribution is -2.48. The topological polar surface area (TPSA) is 41.6 Å². The van der Waals surface area contributed by atoms with Gasteiger partial charge in [0.25, 0.3) is 0 Å². The van der Waals surface area contributed by atoms with Gasteiger partial charge in [-0.2, -0.15) is 0 Å². The SMILES string of the molecule is O=C(N[C@@H]1CCCN(Cc2ccccc2)C1)Oc1ccccc1. The van der Waals surface area contributed by atoms with Gasteiger partial charge in [-0.05, 0) is 37.1 Å². The maximum absolute atomic E-state index is 12.0. The number of piperidine rings is 1. The summed E-state index contributed by atoms with van der Waals surface area (Å²) in [6.45, 7) is 2.85. The smallest absolute Gasteiger partial charge is 0.410 e. The lowest BCUT2D eigenvalue weighted by Gasteiger charge is -2.32. The molecule has 0 saturated carbocycles. The van der Waals surface area contributed by atoms with E-state index in [0.717, 1.165) is 32.5 Å². The van der Waals surface area contributed by atoms with E-state index in [1.165, 1.54) is 5.56 Å². The average molecular weight is 310 g/mol. The van der Waals surface area contributed by atoms with E-state index in [1.54, 1.807) is 12.1 Å². The molecule has 1 aliphatic rings. The normalized spacial score (nSPS) is 18.3. The Labute approximate surface area is 137 Å². The third kappa shape index (κ3) is 4.83. The van der Waals surface area contributed by atoms with Crippen LogP contribution in [0.5, 0.6) is 5.75 Å². The maximum Gasteiger partial charge on any atom is 0.412 e. The standard InChI is InChI=1S/C19H22N2O2/c22-19(23-18-11-5-2-6-12-18)20-17-10-7-13-21(15-17)14-16-8-3-1-4-9-16/h1-6,8-9,11-12,17H,7,10,13-15H2,(H,20,22)/t17-/m1/s1. The van der Waals surface area contributed by atoms with Crippen molar-refractivity contribution >= 4 is 6.09 Å². The first-order chi connectivity index (χ1) is 11.3. The van der Waals surface area contributed by atoms with Crippen LogP contribution in [0.2, 0.25) is 0 Å². The number of carbonyl (C=O) groups is 1. The molecule has 1 saturated heterocycles. The van der Waals surface area contributed by atoms with Crippen LogP contribution in [0.4, 0.5) is 4.79 Å². The molecule has 4 nitrogen and oxygen atoms in total. The number of nitrogens with zero attached hydrogens (tertiary/aromatic N) is 1. The van der Waals surface area contributed by atoms with Gasteiger partial charge in [0.05, 0.1) is 0 Å². The van der Waals surface area contributed by atoms with Gasteiger partial charge in [-0.1, -0.05) is 48.5 Å². The Balaban J connectivity index is 1.49. The minimum absolute atomic E-state index is 0.142. The fourth-order valence-corrected chi connectivity index (χ4v) is 2.95. The Morgan fingerprint density at radius 2 is 1.78 bits per heavy atom. The molecule has 0 spiro atoms. The molecule has 1 atom stereocenters. The van der Waals surface area contributed by atoms with Gasteiger partial charge in [-0.25, -0.2) is 4.79 Å². The van der Waals surface area contributed by atoms with Crippen molar-refractivity contribution in [1.29, 1.82) is 0 Å². The van der Waals surface area contributed by atoms with E-state index in [2.05, 4.69) is 34.5 Å². The third-order valence-electron chi connectivity index (χ3n) is 4.03. The van der Waals surface area contributed by atoms with Crippen LogP contribution in [0.25, 0.3) is 0 Å². The Morgan fingerprint density at radius 3 is 2.52 bits per heavy atom. The van der Waals surface area contributed by atoms with Crippen molar-refractivity contribution in [3.05, 3.63) is 66.2 Å². The Hall–Kier alpha value is -2.33. The van der Waals surface area contributed by atoms with Gasteiger partial charge < -0.3 is 10.1 Å². The van der Waals surface area contributed by atoms with Crippen LogP contribution >= 0.6 is 0 Å². The molecule has 0 aliphatic carbocycles. The summed E-state index contributed by atoms with van der Waals surface area (Å²) in [6.07, 6.45) is 1.71. The van der Waals surface area contributed by atoms with Gasteiger partial charge in [0, 0.05) is 19.1 Å². The second kappa shape index (κ2) is 7.79. The third-order valence-corrected chi connectivity index (χ3v) is 4.03. The second-order valence-electron chi connectivity index (χ2n) is 5.91. The molecule has 120 valence electrons. The lowest BCUT2D eigenvalue weighted by molar-refractivity contribution is 0.163. The first-order valence-corrected chi connectivity index (χ1v) is 8.09. The molecule has 0 radical (unpaired) electrons. The Morgan fingerprint density at radius 1 is 1.09 bits per heavy atom. The number of para-hydroxylation sites is 1. The highest BCUT2D eigenvalue weighted by molar-refractivity contribution is 5.70. The predicted octanol–water partition coefficient (Wildman–Crippen LogP) is 3.44. The largest absolute Gasteiger partial charge is 0.412 e. The number of amides is 1. The monoisotopic (exact) mass is 310 g/mol. The number of hydrogen-bond donors (Lipinski definition) is 1. The van der Waals surface area contributed by atoms with Crippen LogP contribution in [0.1, 0.15) is 18.4 Å². The van der Waals surface area contributed by atoms with E-state index in [-0.39, 0.29) is 12.1 Å². The van der Waals surface area contributed by atoms with E-state index in [0.29, 0.717) is 5.75 Å². The van der Waals surface area contributed by atoms with Crippen molar-refractivity contribution in [2.24, 2.45) is 0 Å². The summed E-state index contributed by atoms with van der Waals surface area (Å²) >= 11 is 0. The van der Waals surface area contributed by atoms with Crippen molar-refractivity contribution in [2.45, 2.75) is 25.4 Å². The van der Waals surface area contributed by atoms with Gasteiger partial charge >= 0.3 is 6.09 Å². The van der Waals surface area contributed by atoms with Crippen molar-refractivity contribution in [2.75, 3.05) is 13.1 Å². The van der Waals surface area contributed by atoms with Crippen LogP contribution in [0.15, 0.2) is 60.7 Å². The van der Waals surface area contributed by atoms with E-state index in [4.69, 9.17) is 4.74 Å². The first kappa shape index (κ1) is 15.6. The minimum atomic E-state index is -0.372. The lowest BCUT2D eigenvalue weighted by atomic mass is 10.0. The van der Waals surface area contributed by atoms with Crippen LogP contribution < -0.4 is 10.1 Å². The summed E-state index contributed by atoms with van der Waals surface area (Å²) in [5, 5.41) is 2.98. The number of carbonyl (C=O) groups excluding carboxylic acids is 1. The molecule has 0 aromatic heterocycles. The van der Waals surface area contributed by atoms with E-state index < -0.39 is 0 Å². The molecule has 1 N–H and O–H groups in total. The molecule has 2 aromatic carbocycles. The fraction of sp³-hybridized carbons (Fsp3) is 0.316. The van der Waals surface area contributed by atoms with E-state index >= 15 is 0 Å². The number of benzene rings is 2. The highest BCUT2D eigenvalue weighted by atomic mass is 16.6. The predicted molar refractivity (Wildman–Crippen MR) is 90.3 cm³/mol. The maximum atomic E-state index is 12.0. The van der Waals surface area contributed by atoms with E-state index in [9.17, 15) is 4.79 Å². The zero-order valence-electron chi connectivity index (χ0n) is 13.2. The number of nitrogens with one attached hydrogen (secondary N) is 1. The van der Waals surface area contributed by atoms with Crippen LogP contribution in [-0.4, -0.2) is 30.1 Å². The Kier molecular flexibility index (Phi) is 5.27. The van der Waals surface area contributed by atoms with Crippen molar-refractivity contribution in [3.8, 4) is 5.75 Å². The van der Waals surface area contributed by atoms with Crippen molar-refractivity contribution < 1.29 is 9.53 Å². The molecular formula is C19H22N2O2. The van der Waals surface area contributed by atoms with Gasteiger partial charge in [-0.3, -0.25) is 4.90 Å². The van der Waals surface area contributed by atoms with Crippen molar-refractivity contribution in [3.63, 3.8) is 0 Å². The fourth-order valence-electron chi connectivity index (χ4n) is 2.95. The first-order valence-electron chi connectivity index (χ1n) is 8.09. The summed E-state index contributed by atoms with van der Waals surface area (Å²) in [6, 6.07) is 19.7. The molecule has 1 amide bonds. The van der Waals surface area contributed by atoms with Crippen LogP contribution in [0.3, 0.4) is 0 Å². The second-order valence-corrected chi connectivity index (χ2v) is 5.91. The zero-order chi connectivity index (χ0) is 15.9. The summed E-state index contributed by atoms with van der Waals surface area (Å²) in [5.74, 6) is 0.571. The average Bonchev–Trinajstić information content (AvgIpc) is 2.57. The summed E-state index contributed by atoms with van der Waals surface area (Å²) in [4.78, 5) is 14.4. The minimum Gasteiger partial charge on any atom is -0.410 e. The number of likely N-dealkylation sites (tertiary alicyclic amines) is 1. The molecule has 3 rings (SSSR count). The molecule has 1 fully saturated rings. The molecule has 1 aliphatic heterocycles. The molecule has 1 heterocycles. The highest BCUT2D eigenvalue weighted by Gasteiger charge is 2.22. The quantitative estimate of drug-likeness (QED) is 0.940. The Bertz CT molecular complexity index is 616. The number of ether oxygens (including phenoxy) is 1. The van der Waals surface area contributed by atoms with E-state index in [1.807, 2.05) is 24.3 Å². The summed E-state index contributed by atoms with van der Waals surface area (Å²) in [5.41, 5.74) is 1.31. The molecular weight excluding hydrogens is 288 g/mol. The zero-order valence-corrected chi connectivity index (χ0v) is 13.2. The van der Waals surface area contributed by atoms with Gasteiger partial charge in [0.15, 0.2) is 0 Å². The molecule has 0 bridgehead atoms. The van der Waals surface area contributed by atoms with Gasteiger partial charge in [-0.15, -0.1) is 0 Å². The molecule has 0 unspecified atom stereocenters. The number of rotatable bonds is 4. The summed E-state index contributed by atoms with van der Waals surface area (Å²) in [7, 11) is 0. The molecule has 2 aromatic rings. The van der Waals surface area contributed by atoms with Gasteiger partial charge in [0.2, 0.25) is 0 Å². The van der Waals surface area contributed by atoms with Crippen LogP contribution in [0, 0.1) is 0 Å². The molecule has 4 heteroatoms. The summed E-state index contributed by atoms with van der Waals surface area (Å²) < 4.78 is 5.30. The molecule has 23 heavy (non-hydrogen) atoms. The van der Waals surface area contributed by atoms with Gasteiger partial charge in [0.1, 0.15) is 5.75 Å². The number of hydrogen-bond acceptors (Lipinski definition) is 3. The van der Waals surface area contributed by atoms with Crippen LogP contribution in [-0.2, 0) is 6.54 Å². The highest BCUT2D eigenvalue weighted by Crippen LogP contribution is 2.14.